The molecular weight excluding hydrogens is 188 g/mol. The second-order valence-corrected chi connectivity index (χ2v) is 5.31. The molecule has 1 saturated carbocycles. The molecule has 1 heterocycles. The number of piperidine rings is 1. The molecule has 1 saturated heterocycles. The van der Waals surface area contributed by atoms with E-state index >= 15 is 0 Å². The zero-order valence-electron chi connectivity index (χ0n) is 9.57. The van der Waals surface area contributed by atoms with E-state index in [0.29, 0.717) is 24.5 Å². The molecule has 3 heteroatoms. The van der Waals surface area contributed by atoms with Gasteiger partial charge in [0, 0.05) is 25.7 Å². The summed E-state index contributed by atoms with van der Waals surface area (Å²) in [5.41, 5.74) is 6.09. The van der Waals surface area contributed by atoms with E-state index in [-0.39, 0.29) is 0 Å². The van der Waals surface area contributed by atoms with Gasteiger partial charge in [0.25, 0.3) is 0 Å². The van der Waals surface area contributed by atoms with Gasteiger partial charge in [0.15, 0.2) is 0 Å². The van der Waals surface area contributed by atoms with E-state index in [2.05, 4.69) is 4.90 Å². The molecule has 2 aliphatic rings. The molecule has 1 aliphatic carbocycles. The number of aliphatic hydroxyl groups excluding tert-OH is 1. The summed E-state index contributed by atoms with van der Waals surface area (Å²) in [6.07, 6.45) is 6.27. The first-order chi connectivity index (χ1) is 7.29. The van der Waals surface area contributed by atoms with Crippen LogP contribution in [0.25, 0.3) is 0 Å². The normalized spacial score (nSPS) is 38.4. The largest absolute Gasteiger partial charge is 0.396 e. The minimum absolute atomic E-state index is 0.354. The molecule has 0 bridgehead atoms. The average molecular weight is 212 g/mol. The maximum Gasteiger partial charge on any atom is 0.0471 e. The van der Waals surface area contributed by atoms with E-state index < -0.39 is 0 Å². The van der Waals surface area contributed by atoms with Gasteiger partial charge in [-0.1, -0.05) is 6.42 Å². The van der Waals surface area contributed by atoms with E-state index in [1.54, 1.807) is 0 Å². The van der Waals surface area contributed by atoms with E-state index in [0.717, 1.165) is 13.1 Å². The highest BCUT2D eigenvalue weighted by Crippen LogP contribution is 2.26. The van der Waals surface area contributed by atoms with Gasteiger partial charge in [-0.15, -0.1) is 0 Å². The second kappa shape index (κ2) is 5.28. The molecule has 2 rings (SSSR count). The number of nitrogens with zero attached hydrogens (tertiary/aromatic N) is 1. The molecule has 0 aromatic heterocycles. The highest BCUT2D eigenvalue weighted by atomic mass is 16.3. The Bertz CT molecular complexity index is 198. The first-order valence-corrected chi connectivity index (χ1v) is 6.38. The van der Waals surface area contributed by atoms with Crippen molar-refractivity contribution in [3.8, 4) is 0 Å². The highest BCUT2D eigenvalue weighted by molar-refractivity contribution is 4.84. The maximum absolute atomic E-state index is 9.17. The Morgan fingerprint density at radius 3 is 2.73 bits per heavy atom. The zero-order chi connectivity index (χ0) is 10.7. The molecule has 3 atom stereocenters. The van der Waals surface area contributed by atoms with Crippen LogP contribution >= 0.6 is 0 Å². The average Bonchev–Trinajstić information content (AvgIpc) is 2.65. The predicted molar refractivity (Wildman–Crippen MR) is 61.6 cm³/mol. The Kier molecular flexibility index (Phi) is 4.00. The predicted octanol–water partition coefficient (Wildman–Crippen LogP) is 0.818. The molecule has 0 amide bonds. The van der Waals surface area contributed by atoms with Crippen molar-refractivity contribution in [2.75, 3.05) is 26.2 Å². The third-order valence-corrected chi connectivity index (χ3v) is 4.07. The lowest BCUT2D eigenvalue weighted by Crippen LogP contribution is -2.42. The van der Waals surface area contributed by atoms with Crippen LogP contribution in [0.4, 0.5) is 0 Å². The molecule has 0 radical (unpaired) electrons. The summed E-state index contributed by atoms with van der Waals surface area (Å²) in [5.74, 6) is 1.22. The third-order valence-electron chi connectivity index (χ3n) is 4.07. The van der Waals surface area contributed by atoms with Crippen molar-refractivity contribution < 1.29 is 5.11 Å². The summed E-state index contributed by atoms with van der Waals surface area (Å²) >= 11 is 0. The van der Waals surface area contributed by atoms with Gasteiger partial charge in [-0.2, -0.15) is 0 Å². The first kappa shape index (κ1) is 11.4. The molecule has 88 valence electrons. The fourth-order valence-electron chi connectivity index (χ4n) is 3.09. The fraction of sp³-hybridized carbons (Fsp3) is 1.00. The third kappa shape index (κ3) is 2.92. The maximum atomic E-state index is 9.17. The number of likely N-dealkylation sites (tertiary alicyclic amines) is 1. The summed E-state index contributed by atoms with van der Waals surface area (Å²) in [4.78, 5) is 2.51. The number of rotatable bonds is 3. The SMILES string of the molecule is NC1CCCC1CN1CCCC(CO)C1. The van der Waals surface area contributed by atoms with Gasteiger partial charge in [-0.25, -0.2) is 0 Å². The van der Waals surface area contributed by atoms with Crippen molar-refractivity contribution in [1.29, 1.82) is 0 Å². The molecule has 3 N–H and O–H groups in total. The van der Waals surface area contributed by atoms with Crippen molar-refractivity contribution in [2.45, 2.75) is 38.1 Å². The summed E-state index contributed by atoms with van der Waals surface area (Å²) < 4.78 is 0. The van der Waals surface area contributed by atoms with Crippen LogP contribution in [0.2, 0.25) is 0 Å². The van der Waals surface area contributed by atoms with Crippen molar-refractivity contribution in [1.82, 2.24) is 4.90 Å². The molecule has 3 unspecified atom stereocenters. The van der Waals surface area contributed by atoms with Crippen LogP contribution in [0.15, 0.2) is 0 Å². The number of hydrogen-bond acceptors (Lipinski definition) is 3. The van der Waals surface area contributed by atoms with Crippen molar-refractivity contribution in [2.24, 2.45) is 17.6 Å². The number of nitrogens with two attached hydrogens (primary N) is 1. The van der Waals surface area contributed by atoms with E-state index in [1.807, 2.05) is 0 Å². The first-order valence-electron chi connectivity index (χ1n) is 6.38. The standard InChI is InChI=1S/C12H24N2O/c13-12-5-1-4-11(12)8-14-6-2-3-10(7-14)9-15/h10-12,15H,1-9,13H2. The summed E-state index contributed by atoms with van der Waals surface area (Å²) in [6, 6.07) is 0.430. The van der Waals surface area contributed by atoms with Crippen molar-refractivity contribution >= 4 is 0 Å². The van der Waals surface area contributed by atoms with Gasteiger partial charge < -0.3 is 15.7 Å². The van der Waals surface area contributed by atoms with Crippen molar-refractivity contribution in [3.05, 3.63) is 0 Å². The topological polar surface area (TPSA) is 49.5 Å². The molecule has 0 aromatic carbocycles. The monoisotopic (exact) mass is 212 g/mol. The van der Waals surface area contributed by atoms with Gasteiger partial charge in [0.2, 0.25) is 0 Å². The summed E-state index contributed by atoms with van der Waals surface area (Å²) in [5, 5.41) is 9.17. The van der Waals surface area contributed by atoms with Crippen LogP contribution in [-0.2, 0) is 0 Å². The minimum atomic E-state index is 0.354. The number of hydrogen-bond donors (Lipinski definition) is 2. The van der Waals surface area contributed by atoms with Crippen LogP contribution in [0.3, 0.4) is 0 Å². The quantitative estimate of drug-likeness (QED) is 0.728. The highest BCUT2D eigenvalue weighted by Gasteiger charge is 2.28. The Morgan fingerprint density at radius 2 is 2.07 bits per heavy atom. The molecule has 3 nitrogen and oxygen atoms in total. The molecule has 0 spiro atoms. The summed E-state index contributed by atoms with van der Waals surface area (Å²) in [6.45, 7) is 3.81. The molecule has 1 aliphatic heterocycles. The van der Waals surface area contributed by atoms with Crippen LogP contribution in [-0.4, -0.2) is 42.3 Å². The van der Waals surface area contributed by atoms with Crippen LogP contribution < -0.4 is 5.73 Å². The van der Waals surface area contributed by atoms with Crippen molar-refractivity contribution in [3.63, 3.8) is 0 Å². The fourth-order valence-corrected chi connectivity index (χ4v) is 3.09. The Morgan fingerprint density at radius 1 is 1.20 bits per heavy atom. The smallest absolute Gasteiger partial charge is 0.0471 e. The van der Waals surface area contributed by atoms with Gasteiger partial charge in [-0.3, -0.25) is 0 Å². The van der Waals surface area contributed by atoms with Crippen LogP contribution in [0.5, 0.6) is 0 Å². The van der Waals surface area contributed by atoms with Gasteiger partial charge in [0.1, 0.15) is 0 Å². The van der Waals surface area contributed by atoms with Gasteiger partial charge in [-0.05, 0) is 44.1 Å². The zero-order valence-corrected chi connectivity index (χ0v) is 9.57. The van der Waals surface area contributed by atoms with E-state index in [1.165, 1.54) is 38.6 Å². The van der Waals surface area contributed by atoms with Gasteiger partial charge in [0.05, 0.1) is 0 Å². The molecule has 2 fully saturated rings. The summed E-state index contributed by atoms with van der Waals surface area (Å²) in [7, 11) is 0. The molecular formula is C12H24N2O. The van der Waals surface area contributed by atoms with Crippen LogP contribution in [0.1, 0.15) is 32.1 Å². The second-order valence-electron chi connectivity index (χ2n) is 5.31. The van der Waals surface area contributed by atoms with E-state index in [4.69, 9.17) is 5.73 Å². The van der Waals surface area contributed by atoms with E-state index in [9.17, 15) is 5.11 Å². The Labute approximate surface area is 92.6 Å². The number of aliphatic hydroxyl groups is 1. The Hall–Kier alpha value is -0.120. The minimum Gasteiger partial charge on any atom is -0.396 e. The lowest BCUT2D eigenvalue weighted by atomic mass is 9.96. The lowest BCUT2D eigenvalue weighted by molar-refractivity contribution is 0.106. The van der Waals surface area contributed by atoms with Gasteiger partial charge >= 0.3 is 0 Å². The Balaban J connectivity index is 1.78. The molecule has 0 aromatic rings. The molecule has 15 heavy (non-hydrogen) atoms. The lowest BCUT2D eigenvalue weighted by Gasteiger charge is -2.34. The van der Waals surface area contributed by atoms with Crippen LogP contribution in [0, 0.1) is 11.8 Å².